The molecule has 0 saturated heterocycles. The highest BCUT2D eigenvalue weighted by atomic mass is 16.5. The van der Waals surface area contributed by atoms with Crippen LogP contribution in [-0.4, -0.2) is 30.3 Å². The fraction of sp³-hybridized carbons (Fsp3) is 0.235. The maximum Gasteiger partial charge on any atom is 0.511 e. The van der Waals surface area contributed by atoms with Crippen molar-refractivity contribution >= 4 is 18.1 Å². The van der Waals surface area contributed by atoms with Gasteiger partial charge in [0, 0.05) is 6.08 Å². The highest BCUT2D eigenvalue weighted by Crippen LogP contribution is 2.06. The first-order chi connectivity index (χ1) is 11.1. The molecule has 0 amide bonds. The zero-order valence-corrected chi connectivity index (χ0v) is 13.1. The van der Waals surface area contributed by atoms with Crippen LogP contribution in [0.2, 0.25) is 0 Å². The van der Waals surface area contributed by atoms with Crippen LogP contribution < -0.4 is 4.57 Å². The molecule has 0 atom stereocenters. The Labute approximate surface area is 134 Å². The van der Waals surface area contributed by atoms with Crippen LogP contribution in [0.3, 0.4) is 0 Å². The Morgan fingerprint density at radius 2 is 2.00 bits per heavy atom. The molecule has 0 aliphatic rings. The molecule has 0 saturated carbocycles. The molecule has 120 valence electrons. The minimum absolute atomic E-state index is 0.345. The highest BCUT2D eigenvalue weighted by Gasteiger charge is 2.13. The maximum atomic E-state index is 11.6. The van der Waals surface area contributed by atoms with Gasteiger partial charge in [0.15, 0.2) is 0 Å². The number of hydrogen-bond donors (Lipinski definition) is 0. The third-order valence-electron chi connectivity index (χ3n) is 3.13. The Morgan fingerprint density at radius 1 is 1.26 bits per heavy atom. The summed E-state index contributed by atoms with van der Waals surface area (Å²) in [5, 5.41) is 0. The van der Waals surface area contributed by atoms with Gasteiger partial charge in [-0.25, -0.2) is 9.36 Å². The largest absolute Gasteiger partial charge is 0.511 e. The summed E-state index contributed by atoms with van der Waals surface area (Å²) >= 11 is 0. The van der Waals surface area contributed by atoms with E-state index in [2.05, 4.69) is 4.74 Å². The van der Waals surface area contributed by atoms with Crippen LogP contribution >= 0.6 is 0 Å². The number of methoxy groups -OCH3 is 1. The summed E-state index contributed by atoms with van der Waals surface area (Å²) < 4.78 is 12.8. The molecule has 0 unspecified atom stereocenters. The van der Waals surface area contributed by atoms with E-state index >= 15 is 0 Å². The lowest BCUT2D eigenvalue weighted by Gasteiger charge is -1.99. The zero-order valence-electron chi connectivity index (χ0n) is 13.1. The molecule has 0 aliphatic heterocycles. The van der Waals surface area contributed by atoms with Gasteiger partial charge in [-0.05, 0) is 24.1 Å². The standard InChI is InChI=1S/C17H19N2O4/c1-3-23-17(21)19-11-10-18(13-19)12-15-6-4-14(5-7-15)8-9-16(20)22-2/h4-11,13H,3,12H2,1-2H3/q+1. The second-order valence-electron chi connectivity index (χ2n) is 4.79. The number of carbonyl (C=O) groups excluding carboxylic acids is 2. The summed E-state index contributed by atoms with van der Waals surface area (Å²) in [6.45, 7) is 2.75. The third-order valence-corrected chi connectivity index (χ3v) is 3.13. The molecule has 0 radical (unpaired) electrons. The molecule has 0 bridgehead atoms. The van der Waals surface area contributed by atoms with Crippen molar-refractivity contribution in [2.24, 2.45) is 0 Å². The topological polar surface area (TPSA) is 61.4 Å². The predicted octanol–water partition coefficient (Wildman–Crippen LogP) is 2.01. The lowest BCUT2D eigenvalue weighted by Crippen LogP contribution is -2.32. The van der Waals surface area contributed by atoms with Crippen LogP contribution in [0, 0.1) is 0 Å². The second kappa shape index (κ2) is 7.93. The van der Waals surface area contributed by atoms with Gasteiger partial charge in [0.1, 0.15) is 18.9 Å². The summed E-state index contributed by atoms with van der Waals surface area (Å²) in [5.74, 6) is -0.384. The van der Waals surface area contributed by atoms with E-state index in [1.54, 1.807) is 25.5 Å². The fourth-order valence-electron chi connectivity index (χ4n) is 1.97. The lowest BCUT2D eigenvalue weighted by atomic mass is 10.1. The number of nitrogens with zero attached hydrogens (tertiary/aromatic N) is 2. The predicted molar refractivity (Wildman–Crippen MR) is 83.6 cm³/mol. The van der Waals surface area contributed by atoms with E-state index in [-0.39, 0.29) is 5.97 Å². The summed E-state index contributed by atoms with van der Waals surface area (Å²) in [6.07, 6.45) is 7.83. The first kappa shape index (κ1) is 16.5. The van der Waals surface area contributed by atoms with Gasteiger partial charge in [0.25, 0.3) is 6.33 Å². The maximum absolute atomic E-state index is 11.6. The van der Waals surface area contributed by atoms with Crippen molar-refractivity contribution in [2.75, 3.05) is 13.7 Å². The molecule has 1 aromatic carbocycles. The monoisotopic (exact) mass is 315 g/mol. The SMILES string of the molecule is CCOC(=O)n1cc[n+](Cc2ccc(C=CC(=O)OC)cc2)c1. The average Bonchev–Trinajstić information content (AvgIpc) is 3.02. The fourth-order valence-corrected chi connectivity index (χ4v) is 1.97. The number of ether oxygens (including phenoxy) is 2. The molecule has 1 heterocycles. The summed E-state index contributed by atoms with van der Waals surface area (Å²) in [5.41, 5.74) is 1.99. The molecule has 6 heteroatoms. The number of benzene rings is 1. The van der Waals surface area contributed by atoms with Crippen molar-refractivity contribution in [3.05, 3.63) is 60.2 Å². The number of esters is 1. The highest BCUT2D eigenvalue weighted by molar-refractivity contribution is 5.86. The number of hydrogen-bond acceptors (Lipinski definition) is 4. The molecular formula is C17H19N2O4+. The van der Waals surface area contributed by atoms with Crippen molar-refractivity contribution in [1.82, 2.24) is 4.57 Å². The zero-order chi connectivity index (χ0) is 16.7. The van der Waals surface area contributed by atoms with E-state index in [9.17, 15) is 9.59 Å². The molecule has 0 fully saturated rings. The quantitative estimate of drug-likeness (QED) is 0.481. The van der Waals surface area contributed by atoms with Crippen molar-refractivity contribution in [2.45, 2.75) is 13.5 Å². The third kappa shape index (κ3) is 4.81. The Balaban J connectivity index is 2.00. The van der Waals surface area contributed by atoms with Crippen molar-refractivity contribution in [3.63, 3.8) is 0 Å². The van der Waals surface area contributed by atoms with Crippen LogP contribution in [0.1, 0.15) is 18.1 Å². The first-order valence-electron chi connectivity index (χ1n) is 7.21. The van der Waals surface area contributed by atoms with Gasteiger partial charge in [-0.15, -0.1) is 4.57 Å². The molecule has 0 N–H and O–H groups in total. The molecule has 1 aromatic heterocycles. The van der Waals surface area contributed by atoms with Gasteiger partial charge >= 0.3 is 12.1 Å². The molecular weight excluding hydrogens is 296 g/mol. The summed E-state index contributed by atoms with van der Waals surface area (Å²) in [4.78, 5) is 22.6. The molecule has 2 rings (SSSR count). The Bertz CT molecular complexity index is 702. The van der Waals surface area contributed by atoms with Crippen molar-refractivity contribution in [3.8, 4) is 0 Å². The Morgan fingerprint density at radius 3 is 2.65 bits per heavy atom. The number of rotatable bonds is 5. The average molecular weight is 315 g/mol. The van der Waals surface area contributed by atoms with E-state index in [0.29, 0.717) is 13.2 Å². The van der Waals surface area contributed by atoms with Crippen LogP contribution in [0.15, 0.2) is 49.1 Å². The summed E-state index contributed by atoms with van der Waals surface area (Å²) in [7, 11) is 1.34. The Hall–Kier alpha value is -2.89. The van der Waals surface area contributed by atoms with Crippen LogP contribution in [-0.2, 0) is 20.8 Å². The molecule has 2 aromatic rings. The Kier molecular flexibility index (Phi) is 5.68. The molecule has 0 aliphatic carbocycles. The van der Waals surface area contributed by atoms with Gasteiger partial charge in [0.05, 0.1) is 13.7 Å². The van der Waals surface area contributed by atoms with Gasteiger partial charge in [-0.1, -0.05) is 24.3 Å². The number of carbonyl (C=O) groups is 2. The first-order valence-corrected chi connectivity index (χ1v) is 7.21. The van der Waals surface area contributed by atoms with Gasteiger partial charge in [-0.3, -0.25) is 0 Å². The molecule has 23 heavy (non-hydrogen) atoms. The smallest absolute Gasteiger partial charge is 0.466 e. The van der Waals surface area contributed by atoms with Crippen LogP contribution in [0.4, 0.5) is 4.79 Å². The normalized spacial score (nSPS) is 10.7. The summed E-state index contributed by atoms with van der Waals surface area (Å²) in [6, 6.07) is 7.76. The molecule has 6 nitrogen and oxygen atoms in total. The van der Waals surface area contributed by atoms with E-state index in [4.69, 9.17) is 4.74 Å². The number of imidazole rings is 1. The van der Waals surface area contributed by atoms with E-state index < -0.39 is 6.09 Å². The van der Waals surface area contributed by atoms with Crippen LogP contribution in [0.5, 0.6) is 0 Å². The minimum Gasteiger partial charge on any atom is -0.466 e. The van der Waals surface area contributed by atoms with Gasteiger partial charge in [0.2, 0.25) is 0 Å². The van der Waals surface area contributed by atoms with E-state index in [0.717, 1.165) is 11.1 Å². The van der Waals surface area contributed by atoms with Gasteiger partial charge in [-0.2, -0.15) is 4.79 Å². The van der Waals surface area contributed by atoms with E-state index in [1.165, 1.54) is 17.8 Å². The second-order valence-corrected chi connectivity index (χ2v) is 4.79. The molecule has 0 spiro atoms. The van der Waals surface area contributed by atoms with Gasteiger partial charge < -0.3 is 9.47 Å². The van der Waals surface area contributed by atoms with Crippen molar-refractivity contribution in [1.29, 1.82) is 0 Å². The number of aromatic nitrogens is 2. The lowest BCUT2D eigenvalue weighted by molar-refractivity contribution is -0.687. The van der Waals surface area contributed by atoms with Crippen LogP contribution in [0.25, 0.3) is 6.08 Å². The van der Waals surface area contributed by atoms with E-state index in [1.807, 2.05) is 35.0 Å². The van der Waals surface area contributed by atoms with Crippen molar-refractivity contribution < 1.29 is 23.6 Å². The minimum atomic E-state index is -0.394.